The number of ether oxygens (including phenoxy) is 4. The number of tetrazole rings is 1. The molecule has 0 saturated carbocycles. The van der Waals surface area contributed by atoms with Crippen LogP contribution in [-0.2, 0) is 35.6 Å². The highest BCUT2D eigenvalue weighted by Crippen LogP contribution is 2.34. The molecule has 0 radical (unpaired) electrons. The van der Waals surface area contributed by atoms with Crippen LogP contribution in [0, 0.1) is 0 Å². The summed E-state index contributed by atoms with van der Waals surface area (Å²) < 4.78 is 26.7. The number of hydrogen-bond donors (Lipinski definition) is 0. The van der Waals surface area contributed by atoms with Crippen molar-refractivity contribution in [2.45, 2.75) is 58.4 Å². The Balaban J connectivity index is 1.26. The van der Waals surface area contributed by atoms with Crippen molar-refractivity contribution in [3.05, 3.63) is 94.5 Å². The number of hydrogen-bond acceptors (Lipinski definition) is 9. The molecule has 1 atom stereocenters. The summed E-state index contributed by atoms with van der Waals surface area (Å²) in [5, 5.41) is 11.8. The second-order valence-electron chi connectivity index (χ2n) is 9.34. The molecule has 4 heterocycles. The molecule has 1 aliphatic carbocycles. The molecule has 1 unspecified atom stereocenters. The molecule has 0 fully saturated rings. The summed E-state index contributed by atoms with van der Waals surface area (Å²) in [7, 11) is 0. The Bertz CT molecular complexity index is 1550. The smallest absolute Gasteiger partial charge is 0.351 e. The summed E-state index contributed by atoms with van der Waals surface area (Å²) in [6.07, 6.45) is 13.2. The topological polar surface area (TPSA) is 115 Å². The lowest BCUT2D eigenvalue weighted by Crippen LogP contribution is -2.31. The first-order valence-corrected chi connectivity index (χ1v) is 13.0. The summed E-state index contributed by atoms with van der Waals surface area (Å²) in [6.45, 7) is 3.59. The van der Waals surface area contributed by atoms with Gasteiger partial charge in [-0.25, -0.2) is 9.48 Å². The van der Waals surface area contributed by atoms with Gasteiger partial charge in [0.15, 0.2) is 17.7 Å². The van der Waals surface area contributed by atoms with E-state index in [4.69, 9.17) is 18.9 Å². The zero-order valence-electron chi connectivity index (χ0n) is 21.5. The van der Waals surface area contributed by atoms with Crippen LogP contribution < -0.4 is 15.2 Å². The van der Waals surface area contributed by atoms with Gasteiger partial charge in [-0.3, -0.25) is 4.57 Å². The Morgan fingerprint density at radius 1 is 1.18 bits per heavy atom. The number of aromatic nitrogens is 6. The Hall–Kier alpha value is -4.67. The Morgan fingerprint density at radius 3 is 2.95 bits per heavy atom. The highest BCUT2D eigenvalue weighted by Gasteiger charge is 2.27. The summed E-state index contributed by atoms with van der Waals surface area (Å²) in [4.78, 5) is 17.3. The number of rotatable bonds is 9. The van der Waals surface area contributed by atoms with Crippen molar-refractivity contribution in [2.75, 3.05) is 0 Å². The van der Waals surface area contributed by atoms with E-state index in [-0.39, 0.29) is 18.2 Å². The molecule has 200 valence electrons. The van der Waals surface area contributed by atoms with Gasteiger partial charge in [0.05, 0.1) is 5.69 Å². The molecule has 39 heavy (non-hydrogen) atoms. The molecule has 0 spiro atoms. The number of nitrogens with zero attached hydrogens (tertiary/aromatic N) is 6. The number of benzene rings is 1. The number of allylic oxidation sites excluding steroid dienone is 3. The summed E-state index contributed by atoms with van der Waals surface area (Å²) in [5.74, 6) is 2.11. The van der Waals surface area contributed by atoms with Crippen molar-refractivity contribution in [2.24, 2.45) is 0 Å². The van der Waals surface area contributed by atoms with Gasteiger partial charge in [-0.05, 0) is 65.4 Å². The van der Waals surface area contributed by atoms with Crippen LogP contribution in [0.25, 0.3) is 11.3 Å². The molecule has 11 nitrogen and oxygen atoms in total. The highest BCUT2D eigenvalue weighted by atomic mass is 16.6. The summed E-state index contributed by atoms with van der Waals surface area (Å²) in [5.41, 5.74) is 3.41. The van der Waals surface area contributed by atoms with Crippen molar-refractivity contribution in [1.82, 2.24) is 29.8 Å². The van der Waals surface area contributed by atoms with Crippen LogP contribution in [0.4, 0.5) is 0 Å². The lowest BCUT2D eigenvalue weighted by molar-refractivity contribution is 0.154. The van der Waals surface area contributed by atoms with Crippen LogP contribution in [0.15, 0.2) is 77.4 Å². The van der Waals surface area contributed by atoms with Crippen LogP contribution in [0.5, 0.6) is 11.6 Å². The zero-order valence-corrected chi connectivity index (χ0v) is 21.5. The van der Waals surface area contributed by atoms with Crippen LogP contribution >= 0.6 is 0 Å². The molecule has 2 aromatic heterocycles. The average Bonchev–Trinajstić information content (AvgIpc) is 3.42. The molecular formula is C28H28N6O5. The lowest BCUT2D eigenvalue weighted by atomic mass is 9.97. The highest BCUT2D eigenvalue weighted by molar-refractivity contribution is 5.67. The third kappa shape index (κ3) is 5.20. The Kier molecular flexibility index (Phi) is 6.94. The fourth-order valence-electron chi connectivity index (χ4n) is 4.87. The predicted molar refractivity (Wildman–Crippen MR) is 140 cm³/mol. The normalized spacial score (nSPS) is 16.2. The van der Waals surface area contributed by atoms with Crippen LogP contribution in [0.2, 0.25) is 0 Å². The molecular weight excluding hydrogens is 500 g/mol. The Labute approximate surface area is 224 Å². The first-order chi connectivity index (χ1) is 19.2. The van der Waals surface area contributed by atoms with Gasteiger partial charge < -0.3 is 18.9 Å². The molecule has 2 aliphatic heterocycles. The second-order valence-corrected chi connectivity index (χ2v) is 9.34. The van der Waals surface area contributed by atoms with E-state index >= 15 is 0 Å². The SMILES string of the molecule is CCCn1nnnc1COc1ccc2c(c1)CCn1c-2cc(OC(C2=CC=CCC2)C2=COC=CO2)nc1=O. The molecule has 3 aromatic rings. The van der Waals surface area contributed by atoms with Gasteiger partial charge in [0.1, 0.15) is 31.1 Å². The van der Waals surface area contributed by atoms with E-state index in [2.05, 4.69) is 33.5 Å². The average molecular weight is 529 g/mol. The van der Waals surface area contributed by atoms with E-state index in [0.717, 1.165) is 48.2 Å². The molecule has 0 saturated heterocycles. The molecule has 0 amide bonds. The first-order valence-electron chi connectivity index (χ1n) is 13.0. The molecule has 1 aromatic carbocycles. The maximum absolute atomic E-state index is 13.0. The zero-order chi connectivity index (χ0) is 26.6. The van der Waals surface area contributed by atoms with Gasteiger partial charge in [0.2, 0.25) is 5.88 Å². The molecule has 3 aliphatic rings. The molecule has 6 rings (SSSR count). The Morgan fingerprint density at radius 2 is 2.13 bits per heavy atom. The van der Waals surface area contributed by atoms with E-state index in [1.165, 1.54) is 18.8 Å². The minimum Gasteiger partial charge on any atom is -0.486 e. The van der Waals surface area contributed by atoms with Crippen molar-refractivity contribution in [3.63, 3.8) is 0 Å². The summed E-state index contributed by atoms with van der Waals surface area (Å²) in [6, 6.07) is 7.67. The standard InChI is InChI=1S/C28H28N6O5/c1-2-11-34-25(30-31-32-34)18-38-21-8-9-22-20(15-21)10-12-33-23(22)16-26(29-28(33)35)39-27(19-6-4-3-5-7-19)24-17-36-13-14-37-24/h3-4,6,8-9,13-17,27H,2,5,7,10-12,18H2,1H3. The van der Waals surface area contributed by atoms with E-state index in [1.807, 2.05) is 36.4 Å². The van der Waals surface area contributed by atoms with Gasteiger partial charge in [-0.2, -0.15) is 4.98 Å². The fourth-order valence-corrected chi connectivity index (χ4v) is 4.87. The molecule has 0 N–H and O–H groups in total. The van der Waals surface area contributed by atoms with E-state index in [1.54, 1.807) is 9.25 Å². The molecule has 0 bridgehead atoms. The molecule has 11 heteroatoms. The van der Waals surface area contributed by atoms with Gasteiger partial charge >= 0.3 is 5.69 Å². The van der Waals surface area contributed by atoms with Crippen molar-refractivity contribution in [1.29, 1.82) is 0 Å². The minimum atomic E-state index is -0.571. The maximum atomic E-state index is 13.0. The van der Waals surface area contributed by atoms with Gasteiger partial charge in [0, 0.05) is 24.7 Å². The van der Waals surface area contributed by atoms with Crippen molar-refractivity contribution in [3.8, 4) is 22.9 Å². The quantitative estimate of drug-likeness (QED) is 0.409. The van der Waals surface area contributed by atoms with E-state index in [9.17, 15) is 4.79 Å². The van der Waals surface area contributed by atoms with Crippen LogP contribution in [0.3, 0.4) is 0 Å². The predicted octanol–water partition coefficient (Wildman–Crippen LogP) is 3.83. The number of fused-ring (bicyclic) bond motifs is 3. The summed E-state index contributed by atoms with van der Waals surface area (Å²) >= 11 is 0. The van der Waals surface area contributed by atoms with Crippen molar-refractivity contribution >= 4 is 0 Å². The maximum Gasteiger partial charge on any atom is 0.351 e. The fraction of sp³-hybridized carbons (Fsp3) is 0.321. The van der Waals surface area contributed by atoms with Crippen LogP contribution in [-0.4, -0.2) is 35.9 Å². The minimum absolute atomic E-state index is 0.224. The number of aryl methyl sites for hydroxylation is 2. The van der Waals surface area contributed by atoms with Gasteiger partial charge in [-0.1, -0.05) is 25.2 Å². The second kappa shape index (κ2) is 11.0. The lowest BCUT2D eigenvalue weighted by Gasteiger charge is -2.26. The largest absolute Gasteiger partial charge is 0.486 e. The van der Waals surface area contributed by atoms with Crippen molar-refractivity contribution < 1.29 is 18.9 Å². The van der Waals surface area contributed by atoms with Gasteiger partial charge in [0.25, 0.3) is 0 Å². The van der Waals surface area contributed by atoms with Crippen LogP contribution in [0.1, 0.15) is 37.6 Å². The van der Waals surface area contributed by atoms with E-state index < -0.39 is 6.10 Å². The third-order valence-electron chi connectivity index (χ3n) is 6.76. The monoisotopic (exact) mass is 528 g/mol. The van der Waals surface area contributed by atoms with Gasteiger partial charge in [-0.15, -0.1) is 5.10 Å². The first kappa shape index (κ1) is 24.7. The third-order valence-corrected chi connectivity index (χ3v) is 6.76. The van der Waals surface area contributed by atoms with E-state index in [0.29, 0.717) is 30.3 Å².